The third kappa shape index (κ3) is 4.01. The first-order valence-electron chi connectivity index (χ1n) is 7.81. The van der Waals surface area contributed by atoms with Crippen LogP contribution in [0.2, 0.25) is 0 Å². The number of hydrogen-bond acceptors (Lipinski definition) is 5. The van der Waals surface area contributed by atoms with Gasteiger partial charge in [0.05, 0.1) is 18.8 Å². The van der Waals surface area contributed by atoms with Crippen LogP contribution in [-0.2, 0) is 25.8 Å². The first kappa shape index (κ1) is 19.8. The Morgan fingerprint density at radius 1 is 1.31 bits per heavy atom. The van der Waals surface area contributed by atoms with Gasteiger partial charge in [0.1, 0.15) is 0 Å². The van der Waals surface area contributed by atoms with Gasteiger partial charge in [-0.05, 0) is 12.5 Å². The van der Waals surface area contributed by atoms with E-state index in [-0.39, 0.29) is 6.42 Å². The molecule has 1 aliphatic rings. The molecule has 1 saturated heterocycles. The van der Waals surface area contributed by atoms with E-state index in [1.54, 1.807) is 30.3 Å². The number of benzene rings is 1. The maximum Gasteiger partial charge on any atom is 0.407 e. The van der Waals surface area contributed by atoms with E-state index in [1.807, 2.05) is 5.32 Å². The fraction of sp³-hybridized carbons (Fsp3) is 0.438. The lowest BCUT2D eigenvalue weighted by atomic mass is 10.1. The van der Waals surface area contributed by atoms with Gasteiger partial charge in [-0.25, -0.2) is 17.6 Å². The zero-order chi connectivity index (χ0) is 19.5. The minimum Gasteiger partial charge on any atom is -0.465 e. The predicted octanol–water partition coefficient (Wildman–Crippen LogP) is 0.377. The smallest absolute Gasteiger partial charge is 0.407 e. The highest BCUT2D eigenvalue weighted by atomic mass is 32.2. The summed E-state index contributed by atoms with van der Waals surface area (Å²) in [7, 11) is -4.54. The molecule has 1 aromatic rings. The number of Topliss-reactive ketones (excluding diaryl/α,β-unsaturated/α-hetero) is 1. The summed E-state index contributed by atoms with van der Waals surface area (Å²) in [5.41, 5.74) is 0.692. The molecule has 1 fully saturated rings. The van der Waals surface area contributed by atoms with Gasteiger partial charge >= 0.3 is 11.1 Å². The number of sulfone groups is 1. The van der Waals surface area contributed by atoms with Crippen LogP contribution in [0.4, 0.5) is 9.18 Å². The highest BCUT2D eigenvalue weighted by Crippen LogP contribution is 2.30. The molecule has 2 amide bonds. The highest BCUT2D eigenvalue weighted by Gasteiger charge is 2.57. The summed E-state index contributed by atoms with van der Waals surface area (Å²) >= 11 is 0. The van der Waals surface area contributed by atoms with Crippen LogP contribution in [0.1, 0.15) is 12.5 Å². The molecule has 0 spiro atoms. The minimum absolute atomic E-state index is 0.00849. The molecule has 2 N–H and O–H groups in total. The van der Waals surface area contributed by atoms with Crippen molar-refractivity contribution in [2.24, 2.45) is 0 Å². The summed E-state index contributed by atoms with van der Waals surface area (Å²) in [5, 5.41) is 7.61. The van der Waals surface area contributed by atoms with Crippen molar-refractivity contribution in [2.45, 2.75) is 24.4 Å². The quantitative estimate of drug-likeness (QED) is 0.755. The monoisotopic (exact) mass is 386 g/mol. The van der Waals surface area contributed by atoms with Crippen LogP contribution in [0.3, 0.4) is 0 Å². The largest absolute Gasteiger partial charge is 0.465 e. The van der Waals surface area contributed by atoms with Gasteiger partial charge in [-0.3, -0.25) is 14.5 Å². The lowest BCUT2D eigenvalue weighted by Crippen LogP contribution is -2.64. The third-order valence-electron chi connectivity index (χ3n) is 4.13. The summed E-state index contributed by atoms with van der Waals surface area (Å²) in [6, 6.07) is 7.66. The molecule has 0 saturated carbocycles. The topological polar surface area (TPSA) is 121 Å². The fourth-order valence-electron chi connectivity index (χ4n) is 2.68. The van der Waals surface area contributed by atoms with Crippen molar-refractivity contribution in [1.29, 1.82) is 0 Å². The van der Waals surface area contributed by atoms with Gasteiger partial charge in [0.15, 0.2) is 15.6 Å². The molecule has 2 atom stereocenters. The Bertz CT molecular complexity index is 813. The van der Waals surface area contributed by atoms with Crippen LogP contribution < -0.4 is 5.32 Å². The van der Waals surface area contributed by atoms with Crippen LogP contribution in [0.15, 0.2) is 30.3 Å². The molecule has 0 aromatic heterocycles. The van der Waals surface area contributed by atoms with Crippen LogP contribution in [0.25, 0.3) is 0 Å². The van der Waals surface area contributed by atoms with Gasteiger partial charge in [0, 0.05) is 12.5 Å². The fourth-order valence-corrected chi connectivity index (χ4v) is 4.45. The average Bonchev–Trinajstić information content (AvgIpc) is 2.56. The number of nitrogens with zero attached hydrogens (tertiary/aromatic N) is 1. The van der Waals surface area contributed by atoms with Crippen molar-refractivity contribution in [1.82, 2.24) is 10.2 Å². The summed E-state index contributed by atoms with van der Waals surface area (Å²) < 4.78 is 39.2. The zero-order valence-electron chi connectivity index (χ0n) is 14.0. The molecule has 10 heteroatoms. The SMILES string of the molecule is C[C@@H]1CS(=O)(=O)C(F)(C(=O)NCC(=O)Cc2ccccc2)CN1C(=O)O. The molecule has 1 aromatic carbocycles. The van der Waals surface area contributed by atoms with E-state index in [4.69, 9.17) is 5.11 Å². The Hall–Kier alpha value is -2.49. The van der Waals surface area contributed by atoms with Crippen molar-refractivity contribution < 1.29 is 32.3 Å². The van der Waals surface area contributed by atoms with E-state index in [0.717, 1.165) is 0 Å². The standard InChI is InChI=1S/C16H19FN2O6S/c1-11-9-26(24,25)16(17,10-19(11)15(22)23)14(21)18-8-13(20)7-12-5-3-2-4-6-12/h2-6,11H,7-10H2,1H3,(H,18,21)(H,22,23)/t11-,16?/m1/s1. The number of halogens is 1. The number of carbonyl (C=O) groups excluding carboxylic acids is 2. The summed E-state index contributed by atoms with van der Waals surface area (Å²) in [5.74, 6) is -2.79. The van der Waals surface area contributed by atoms with E-state index >= 15 is 0 Å². The normalized spacial score (nSPS) is 24.7. The van der Waals surface area contributed by atoms with Gasteiger partial charge in [-0.15, -0.1) is 0 Å². The average molecular weight is 386 g/mol. The molecule has 142 valence electrons. The van der Waals surface area contributed by atoms with Crippen molar-refractivity contribution in [3.8, 4) is 0 Å². The van der Waals surface area contributed by atoms with E-state index in [1.165, 1.54) is 6.92 Å². The van der Waals surface area contributed by atoms with Gasteiger partial charge in [0.2, 0.25) is 0 Å². The second-order valence-corrected chi connectivity index (χ2v) is 8.36. The third-order valence-corrected chi connectivity index (χ3v) is 6.36. The van der Waals surface area contributed by atoms with Gasteiger partial charge in [-0.1, -0.05) is 30.3 Å². The van der Waals surface area contributed by atoms with Gasteiger partial charge in [0.25, 0.3) is 5.91 Å². The number of carbonyl (C=O) groups is 3. The van der Waals surface area contributed by atoms with Gasteiger partial charge in [-0.2, -0.15) is 0 Å². The molecule has 26 heavy (non-hydrogen) atoms. The lowest BCUT2D eigenvalue weighted by Gasteiger charge is -2.38. The Morgan fingerprint density at radius 3 is 2.50 bits per heavy atom. The van der Waals surface area contributed by atoms with E-state index in [0.29, 0.717) is 10.5 Å². The molecular weight excluding hydrogens is 367 g/mol. The molecule has 0 radical (unpaired) electrons. The van der Waals surface area contributed by atoms with E-state index in [9.17, 15) is 27.2 Å². The number of alkyl halides is 1. The summed E-state index contributed by atoms with van der Waals surface area (Å²) in [6.07, 6.45) is -1.53. The number of nitrogens with one attached hydrogen (secondary N) is 1. The first-order valence-corrected chi connectivity index (χ1v) is 9.47. The Labute approximate surface area is 149 Å². The molecule has 0 aliphatic carbocycles. The van der Waals surface area contributed by atoms with Crippen molar-refractivity contribution in [3.63, 3.8) is 0 Å². The molecule has 1 unspecified atom stereocenters. The second-order valence-electron chi connectivity index (χ2n) is 6.15. The Balaban J connectivity index is 2.06. The Kier molecular flexibility index (Phi) is 5.65. The molecule has 1 heterocycles. The van der Waals surface area contributed by atoms with Crippen LogP contribution in [0, 0.1) is 0 Å². The maximum absolute atomic E-state index is 15.0. The van der Waals surface area contributed by atoms with Crippen LogP contribution >= 0.6 is 0 Å². The predicted molar refractivity (Wildman–Crippen MR) is 90.0 cm³/mol. The molecule has 1 aliphatic heterocycles. The number of carboxylic acid groups (broad SMARTS) is 1. The Morgan fingerprint density at radius 2 is 1.92 bits per heavy atom. The highest BCUT2D eigenvalue weighted by molar-refractivity contribution is 7.93. The molecular formula is C16H19FN2O6S. The van der Waals surface area contributed by atoms with Crippen LogP contribution in [0.5, 0.6) is 0 Å². The summed E-state index contributed by atoms with van der Waals surface area (Å²) in [6.45, 7) is -0.380. The molecule has 0 bridgehead atoms. The van der Waals surface area contributed by atoms with Crippen molar-refractivity contribution in [3.05, 3.63) is 35.9 Å². The van der Waals surface area contributed by atoms with Crippen molar-refractivity contribution >= 4 is 27.6 Å². The number of ketones is 1. The lowest BCUT2D eigenvalue weighted by molar-refractivity contribution is -0.131. The van der Waals surface area contributed by atoms with E-state index < -0.39 is 57.5 Å². The number of hydrogen-bond donors (Lipinski definition) is 2. The van der Waals surface area contributed by atoms with Crippen molar-refractivity contribution in [2.75, 3.05) is 18.8 Å². The molecule has 2 rings (SSSR count). The minimum atomic E-state index is -4.54. The van der Waals surface area contributed by atoms with Crippen LogP contribution in [-0.4, -0.2) is 66.1 Å². The second kappa shape index (κ2) is 7.40. The maximum atomic E-state index is 15.0. The summed E-state index contributed by atoms with van der Waals surface area (Å²) in [4.78, 5) is 35.7. The first-order chi connectivity index (χ1) is 12.1. The molecule has 8 nitrogen and oxygen atoms in total. The number of rotatable bonds is 5. The number of amides is 2. The van der Waals surface area contributed by atoms with Gasteiger partial charge < -0.3 is 10.4 Å². The van der Waals surface area contributed by atoms with E-state index in [2.05, 4.69) is 0 Å². The zero-order valence-corrected chi connectivity index (χ0v) is 14.8.